The van der Waals surface area contributed by atoms with Gasteiger partial charge in [0.05, 0.1) is 5.88 Å². The number of nitrogens with zero attached hydrogens (tertiary/aromatic N) is 1. The van der Waals surface area contributed by atoms with E-state index in [-0.39, 0.29) is 12.4 Å². The van der Waals surface area contributed by atoms with E-state index in [9.17, 15) is 0 Å². The zero-order valence-corrected chi connectivity index (χ0v) is 10.8. The van der Waals surface area contributed by atoms with Crippen LogP contribution in [0.3, 0.4) is 0 Å². The predicted molar refractivity (Wildman–Crippen MR) is 63.1 cm³/mol. The number of aryl methyl sites for hydroxylation is 1. The minimum atomic E-state index is 0. The minimum Gasteiger partial charge on any atom is -1.00 e. The number of hydrogen-bond acceptors (Lipinski definition) is 0. The molecule has 0 radical (unpaired) electrons. The number of pyridine rings is 1. The van der Waals surface area contributed by atoms with Crippen molar-refractivity contribution in [3.63, 3.8) is 0 Å². The molecule has 16 heavy (non-hydrogen) atoms. The van der Waals surface area contributed by atoms with Crippen LogP contribution in [0.25, 0.3) is 0 Å². The molecule has 1 nitrogen and oxygen atoms in total. The summed E-state index contributed by atoms with van der Waals surface area (Å²) in [7, 11) is 0. The summed E-state index contributed by atoms with van der Waals surface area (Å²) in [5.74, 6) is 1.40. The summed E-state index contributed by atoms with van der Waals surface area (Å²) < 4.78 is 2.13. The fraction of sp³-hybridized carbons (Fsp3) is 0.462. The molecule has 3 heteroatoms. The smallest absolute Gasteiger partial charge is 0.169 e. The van der Waals surface area contributed by atoms with Gasteiger partial charge in [-0.25, -0.2) is 4.57 Å². The number of rotatable bonds is 3. The molecule has 2 rings (SSSR count). The molecular weight excluding hydrogens is 241 g/mol. The SMILES string of the molecule is ClCC[n+]1ccc(C2CC=CCC2)cc1.[Cl-]. The van der Waals surface area contributed by atoms with Crippen LogP contribution in [-0.2, 0) is 6.54 Å². The fourth-order valence-corrected chi connectivity index (χ4v) is 2.28. The van der Waals surface area contributed by atoms with Crippen LogP contribution in [-0.4, -0.2) is 5.88 Å². The zero-order valence-electron chi connectivity index (χ0n) is 9.28. The highest BCUT2D eigenvalue weighted by molar-refractivity contribution is 6.17. The Balaban J connectivity index is 0.00000128. The summed E-state index contributed by atoms with van der Waals surface area (Å²) in [6.45, 7) is 0.895. The number of alkyl halides is 1. The van der Waals surface area contributed by atoms with Crippen LogP contribution in [0.5, 0.6) is 0 Å². The predicted octanol–water partition coefficient (Wildman–Crippen LogP) is 0.0406. The van der Waals surface area contributed by atoms with E-state index in [2.05, 4.69) is 41.2 Å². The molecule has 0 saturated heterocycles. The van der Waals surface area contributed by atoms with Crippen molar-refractivity contribution < 1.29 is 17.0 Å². The van der Waals surface area contributed by atoms with Crippen LogP contribution in [0.1, 0.15) is 30.7 Å². The minimum absolute atomic E-state index is 0. The van der Waals surface area contributed by atoms with Crippen molar-refractivity contribution in [2.45, 2.75) is 31.7 Å². The molecule has 0 aromatic carbocycles. The van der Waals surface area contributed by atoms with Gasteiger partial charge in [-0.3, -0.25) is 0 Å². The molecule has 0 N–H and O–H groups in total. The number of halogens is 2. The van der Waals surface area contributed by atoms with Gasteiger partial charge in [-0.05, 0) is 30.7 Å². The highest BCUT2D eigenvalue weighted by atomic mass is 35.5. The first-order chi connectivity index (χ1) is 7.40. The Bertz CT molecular complexity index is 332. The molecular formula is C13H17Cl2N. The standard InChI is InChI=1S/C13H17ClN.ClH/c14-8-11-15-9-6-13(7-10-15)12-4-2-1-3-5-12;/h1-2,6-7,9-10,12H,3-5,8,11H2;1H/q+1;/p-1. The second-order valence-corrected chi connectivity index (χ2v) is 4.42. The summed E-state index contributed by atoms with van der Waals surface area (Å²) in [4.78, 5) is 0. The quantitative estimate of drug-likeness (QED) is 0.409. The van der Waals surface area contributed by atoms with Gasteiger partial charge in [0.1, 0.15) is 0 Å². The van der Waals surface area contributed by atoms with Gasteiger partial charge in [0, 0.05) is 12.1 Å². The third-order valence-electron chi connectivity index (χ3n) is 3.00. The Morgan fingerprint density at radius 1 is 1.25 bits per heavy atom. The molecule has 88 valence electrons. The second kappa shape index (κ2) is 6.93. The lowest BCUT2D eigenvalue weighted by Gasteiger charge is -2.17. The van der Waals surface area contributed by atoms with E-state index in [1.807, 2.05) is 0 Å². The third-order valence-corrected chi connectivity index (χ3v) is 3.17. The normalized spacial score (nSPS) is 19.2. The highest BCUT2D eigenvalue weighted by Crippen LogP contribution is 2.27. The summed E-state index contributed by atoms with van der Waals surface area (Å²) in [6.07, 6.45) is 12.6. The van der Waals surface area contributed by atoms with Crippen molar-refractivity contribution >= 4 is 11.6 Å². The largest absolute Gasteiger partial charge is 1.00 e. The van der Waals surface area contributed by atoms with Gasteiger partial charge >= 0.3 is 0 Å². The Morgan fingerprint density at radius 2 is 2.00 bits per heavy atom. The third kappa shape index (κ3) is 3.50. The lowest BCUT2D eigenvalue weighted by molar-refractivity contribution is -0.692. The van der Waals surface area contributed by atoms with Gasteiger partial charge in [0.15, 0.2) is 18.9 Å². The molecule has 0 bridgehead atoms. The van der Waals surface area contributed by atoms with Crippen molar-refractivity contribution in [2.24, 2.45) is 0 Å². The van der Waals surface area contributed by atoms with E-state index in [1.165, 1.54) is 24.8 Å². The summed E-state index contributed by atoms with van der Waals surface area (Å²) in [5.41, 5.74) is 1.46. The molecule has 0 spiro atoms. The average molecular weight is 258 g/mol. The second-order valence-electron chi connectivity index (χ2n) is 4.04. The molecule has 0 fully saturated rings. The Hall–Kier alpha value is -0.530. The molecule has 1 heterocycles. The zero-order chi connectivity index (χ0) is 10.5. The Kier molecular flexibility index (Phi) is 5.86. The van der Waals surface area contributed by atoms with E-state index in [0.717, 1.165) is 12.5 Å². The van der Waals surface area contributed by atoms with E-state index >= 15 is 0 Å². The van der Waals surface area contributed by atoms with Crippen molar-refractivity contribution in [3.8, 4) is 0 Å². The van der Waals surface area contributed by atoms with Gasteiger partial charge < -0.3 is 12.4 Å². The molecule has 1 aromatic heterocycles. The molecule has 0 saturated carbocycles. The molecule has 1 aliphatic carbocycles. The molecule has 1 aliphatic rings. The molecule has 0 aliphatic heterocycles. The Labute approximate surface area is 109 Å². The maximum atomic E-state index is 5.69. The molecule has 1 aromatic rings. The van der Waals surface area contributed by atoms with Gasteiger partial charge in [0.25, 0.3) is 0 Å². The maximum absolute atomic E-state index is 5.69. The van der Waals surface area contributed by atoms with Crippen molar-refractivity contribution in [3.05, 3.63) is 42.2 Å². The lowest BCUT2D eigenvalue weighted by Crippen LogP contribution is -3.00. The monoisotopic (exact) mass is 257 g/mol. The highest BCUT2D eigenvalue weighted by Gasteiger charge is 2.13. The van der Waals surface area contributed by atoms with Crippen LogP contribution in [0.15, 0.2) is 36.7 Å². The van der Waals surface area contributed by atoms with E-state index in [1.54, 1.807) is 0 Å². The van der Waals surface area contributed by atoms with Crippen molar-refractivity contribution in [1.82, 2.24) is 0 Å². The summed E-state index contributed by atoms with van der Waals surface area (Å²) in [6, 6.07) is 4.47. The first-order valence-electron chi connectivity index (χ1n) is 5.60. The van der Waals surface area contributed by atoms with E-state index < -0.39 is 0 Å². The van der Waals surface area contributed by atoms with E-state index in [0.29, 0.717) is 5.88 Å². The summed E-state index contributed by atoms with van der Waals surface area (Å²) >= 11 is 5.69. The number of allylic oxidation sites excluding steroid dienone is 2. The lowest BCUT2D eigenvalue weighted by atomic mass is 9.88. The van der Waals surface area contributed by atoms with Gasteiger partial charge in [-0.1, -0.05) is 12.2 Å². The van der Waals surface area contributed by atoms with Crippen LogP contribution in [0.4, 0.5) is 0 Å². The average Bonchev–Trinajstić information content (AvgIpc) is 2.32. The Morgan fingerprint density at radius 3 is 2.56 bits per heavy atom. The van der Waals surface area contributed by atoms with Crippen LogP contribution in [0.2, 0.25) is 0 Å². The first kappa shape index (κ1) is 13.5. The first-order valence-corrected chi connectivity index (χ1v) is 6.13. The van der Waals surface area contributed by atoms with Crippen molar-refractivity contribution in [1.29, 1.82) is 0 Å². The molecule has 1 unspecified atom stereocenters. The maximum Gasteiger partial charge on any atom is 0.169 e. The van der Waals surface area contributed by atoms with Gasteiger partial charge in [-0.15, -0.1) is 11.6 Å². The van der Waals surface area contributed by atoms with Crippen molar-refractivity contribution in [2.75, 3.05) is 5.88 Å². The fourth-order valence-electron chi connectivity index (χ4n) is 2.08. The van der Waals surface area contributed by atoms with Gasteiger partial charge in [-0.2, -0.15) is 0 Å². The molecule has 1 atom stereocenters. The number of aromatic nitrogens is 1. The molecule has 0 amide bonds. The van der Waals surface area contributed by atoms with Crippen LogP contribution < -0.4 is 17.0 Å². The van der Waals surface area contributed by atoms with Crippen LogP contribution in [0, 0.1) is 0 Å². The summed E-state index contributed by atoms with van der Waals surface area (Å²) in [5, 5.41) is 0. The van der Waals surface area contributed by atoms with Crippen LogP contribution >= 0.6 is 11.6 Å². The topological polar surface area (TPSA) is 3.88 Å². The van der Waals surface area contributed by atoms with E-state index in [4.69, 9.17) is 11.6 Å². The number of hydrogen-bond donors (Lipinski definition) is 0. The van der Waals surface area contributed by atoms with Gasteiger partial charge in [0.2, 0.25) is 0 Å².